The van der Waals surface area contributed by atoms with Gasteiger partial charge in [0.15, 0.2) is 0 Å². The van der Waals surface area contributed by atoms with Gasteiger partial charge in [-0.05, 0) is 37.5 Å². The number of likely N-dealkylation sites (tertiary alicyclic amines) is 1. The molecular formula is C19H17N3O4. The molecule has 0 saturated carbocycles. The molecule has 0 bridgehead atoms. The zero-order valence-corrected chi connectivity index (χ0v) is 14.1. The lowest BCUT2D eigenvalue weighted by Gasteiger charge is -2.26. The fourth-order valence-corrected chi connectivity index (χ4v) is 2.97. The van der Waals surface area contributed by atoms with Crippen LogP contribution in [0.5, 0.6) is 0 Å². The van der Waals surface area contributed by atoms with E-state index in [1.165, 1.54) is 12.1 Å². The van der Waals surface area contributed by atoms with E-state index in [-0.39, 0.29) is 17.2 Å². The molecule has 3 rings (SSSR count). The number of amides is 1. The number of piperidine rings is 1. The van der Waals surface area contributed by atoms with Gasteiger partial charge in [-0.15, -0.1) is 0 Å². The quantitative estimate of drug-likeness (QED) is 0.361. The third kappa shape index (κ3) is 3.64. The highest BCUT2D eigenvalue weighted by Crippen LogP contribution is 2.31. The number of nitriles is 1. The number of hydrogen-bond donors (Lipinski definition) is 0. The second kappa shape index (κ2) is 7.66. The van der Waals surface area contributed by atoms with Crippen LogP contribution in [0.15, 0.2) is 46.4 Å². The SMILES string of the molecule is N#C/C(=C/c1ccc(-c2ccccc2[N+](=O)[O-])o1)C(=O)N1CCCCC1. The lowest BCUT2D eigenvalue weighted by atomic mass is 10.1. The number of nitro groups is 1. The zero-order chi connectivity index (χ0) is 18.5. The summed E-state index contributed by atoms with van der Waals surface area (Å²) in [5.74, 6) is 0.308. The minimum absolute atomic E-state index is 0.00430. The molecule has 2 aromatic rings. The van der Waals surface area contributed by atoms with Crippen LogP contribution in [0.25, 0.3) is 17.4 Å². The summed E-state index contributed by atoms with van der Waals surface area (Å²) in [6.07, 6.45) is 4.35. The Balaban J connectivity index is 1.87. The predicted octanol–water partition coefficient (Wildman–Crippen LogP) is 3.77. The number of para-hydroxylation sites is 1. The van der Waals surface area contributed by atoms with Crippen molar-refractivity contribution in [1.82, 2.24) is 4.90 Å². The number of nitro benzene ring substituents is 1. The number of carbonyl (C=O) groups is 1. The van der Waals surface area contributed by atoms with Crippen molar-refractivity contribution in [3.8, 4) is 17.4 Å². The first-order valence-electron chi connectivity index (χ1n) is 8.35. The van der Waals surface area contributed by atoms with E-state index in [0.717, 1.165) is 19.3 Å². The van der Waals surface area contributed by atoms with E-state index in [4.69, 9.17) is 4.42 Å². The van der Waals surface area contributed by atoms with Crippen molar-refractivity contribution in [3.63, 3.8) is 0 Å². The van der Waals surface area contributed by atoms with Crippen LogP contribution in [-0.4, -0.2) is 28.8 Å². The first kappa shape index (κ1) is 17.4. The number of benzene rings is 1. The molecule has 0 aliphatic carbocycles. The number of rotatable bonds is 4. The first-order valence-corrected chi connectivity index (χ1v) is 8.35. The Morgan fingerprint density at radius 2 is 1.92 bits per heavy atom. The molecular weight excluding hydrogens is 334 g/mol. The molecule has 0 radical (unpaired) electrons. The van der Waals surface area contributed by atoms with Gasteiger partial charge in [0.2, 0.25) is 0 Å². The smallest absolute Gasteiger partial charge is 0.280 e. The minimum atomic E-state index is -0.478. The monoisotopic (exact) mass is 351 g/mol. The molecule has 7 nitrogen and oxygen atoms in total. The van der Waals surface area contributed by atoms with Gasteiger partial charge >= 0.3 is 0 Å². The Labute approximate surface area is 150 Å². The number of nitrogens with zero attached hydrogens (tertiary/aromatic N) is 3. The molecule has 1 fully saturated rings. The molecule has 26 heavy (non-hydrogen) atoms. The first-order chi connectivity index (χ1) is 12.6. The van der Waals surface area contributed by atoms with E-state index in [2.05, 4.69) is 0 Å². The third-order valence-electron chi connectivity index (χ3n) is 4.27. The third-order valence-corrected chi connectivity index (χ3v) is 4.27. The summed E-state index contributed by atoms with van der Waals surface area (Å²) in [6.45, 7) is 1.30. The molecule has 1 aromatic heterocycles. The van der Waals surface area contributed by atoms with Crippen molar-refractivity contribution in [1.29, 1.82) is 5.26 Å². The Morgan fingerprint density at radius 1 is 1.19 bits per heavy atom. The van der Waals surface area contributed by atoms with Gasteiger partial charge in [0.25, 0.3) is 11.6 Å². The van der Waals surface area contributed by atoms with Gasteiger partial charge in [0.05, 0.1) is 10.5 Å². The molecule has 1 amide bonds. The van der Waals surface area contributed by atoms with Crippen LogP contribution in [-0.2, 0) is 4.79 Å². The maximum absolute atomic E-state index is 12.5. The fraction of sp³-hybridized carbons (Fsp3) is 0.263. The van der Waals surface area contributed by atoms with Crippen LogP contribution >= 0.6 is 0 Å². The highest BCUT2D eigenvalue weighted by Gasteiger charge is 2.21. The summed E-state index contributed by atoms with van der Waals surface area (Å²) < 4.78 is 5.63. The van der Waals surface area contributed by atoms with Gasteiger partial charge in [-0.3, -0.25) is 14.9 Å². The summed E-state index contributed by atoms with van der Waals surface area (Å²) >= 11 is 0. The Kier molecular flexibility index (Phi) is 5.13. The molecule has 2 heterocycles. The average molecular weight is 351 g/mol. The van der Waals surface area contributed by atoms with Crippen molar-refractivity contribution in [2.45, 2.75) is 19.3 Å². The molecule has 1 aliphatic heterocycles. The van der Waals surface area contributed by atoms with Crippen LogP contribution in [0.4, 0.5) is 5.69 Å². The van der Waals surface area contributed by atoms with Crippen LogP contribution in [0.2, 0.25) is 0 Å². The lowest BCUT2D eigenvalue weighted by molar-refractivity contribution is -0.384. The van der Waals surface area contributed by atoms with E-state index in [0.29, 0.717) is 30.2 Å². The van der Waals surface area contributed by atoms with Crippen LogP contribution < -0.4 is 0 Å². The molecule has 1 aromatic carbocycles. The molecule has 7 heteroatoms. The van der Waals surface area contributed by atoms with Gasteiger partial charge in [0, 0.05) is 25.2 Å². The topological polar surface area (TPSA) is 100 Å². The summed E-state index contributed by atoms with van der Waals surface area (Å²) in [6, 6.07) is 11.4. The zero-order valence-electron chi connectivity index (χ0n) is 14.1. The van der Waals surface area contributed by atoms with Crippen molar-refractivity contribution < 1.29 is 14.1 Å². The molecule has 0 N–H and O–H groups in total. The number of carbonyl (C=O) groups excluding carboxylic acids is 1. The predicted molar refractivity (Wildman–Crippen MR) is 94.8 cm³/mol. The molecule has 0 spiro atoms. The second-order valence-corrected chi connectivity index (χ2v) is 6.00. The average Bonchev–Trinajstić information content (AvgIpc) is 3.14. The van der Waals surface area contributed by atoms with Crippen molar-refractivity contribution in [2.24, 2.45) is 0 Å². The number of hydrogen-bond acceptors (Lipinski definition) is 5. The molecule has 0 unspecified atom stereocenters. The van der Waals surface area contributed by atoms with Crippen LogP contribution in [0, 0.1) is 21.4 Å². The summed E-state index contributed by atoms with van der Waals surface area (Å²) in [5, 5.41) is 20.5. The van der Waals surface area contributed by atoms with Gasteiger partial charge in [-0.1, -0.05) is 12.1 Å². The van der Waals surface area contributed by atoms with Crippen LogP contribution in [0.3, 0.4) is 0 Å². The standard InChI is InChI=1S/C19H17N3O4/c20-13-14(19(23)21-10-4-1-5-11-21)12-15-8-9-18(26-15)16-6-2-3-7-17(16)22(24)25/h2-3,6-9,12H,1,4-5,10-11H2/b14-12-. The minimum Gasteiger partial charge on any atom is -0.456 e. The Morgan fingerprint density at radius 3 is 2.62 bits per heavy atom. The van der Waals surface area contributed by atoms with E-state index in [1.807, 2.05) is 6.07 Å². The normalized spacial score (nSPS) is 14.7. The molecule has 132 valence electrons. The molecule has 1 saturated heterocycles. The van der Waals surface area contributed by atoms with Gasteiger partial charge in [0.1, 0.15) is 23.2 Å². The van der Waals surface area contributed by atoms with E-state index < -0.39 is 4.92 Å². The number of furan rings is 1. The molecule has 1 aliphatic rings. The highest BCUT2D eigenvalue weighted by atomic mass is 16.6. The summed E-state index contributed by atoms with van der Waals surface area (Å²) in [5.41, 5.74) is 0.274. The maximum Gasteiger partial charge on any atom is 0.280 e. The van der Waals surface area contributed by atoms with Gasteiger partial charge < -0.3 is 9.32 Å². The van der Waals surface area contributed by atoms with Crippen molar-refractivity contribution in [3.05, 3.63) is 57.8 Å². The molecule has 0 atom stereocenters. The Hall–Kier alpha value is -3.40. The fourth-order valence-electron chi connectivity index (χ4n) is 2.97. The van der Waals surface area contributed by atoms with Gasteiger partial charge in [-0.2, -0.15) is 5.26 Å². The van der Waals surface area contributed by atoms with E-state index in [1.54, 1.807) is 35.2 Å². The summed E-state index contributed by atoms with van der Waals surface area (Å²) in [7, 11) is 0. The van der Waals surface area contributed by atoms with Crippen molar-refractivity contribution >= 4 is 17.7 Å². The lowest BCUT2D eigenvalue weighted by Crippen LogP contribution is -2.36. The van der Waals surface area contributed by atoms with E-state index in [9.17, 15) is 20.2 Å². The van der Waals surface area contributed by atoms with Crippen molar-refractivity contribution in [2.75, 3.05) is 13.1 Å². The Bertz CT molecular complexity index is 902. The highest BCUT2D eigenvalue weighted by molar-refractivity contribution is 6.01. The second-order valence-electron chi connectivity index (χ2n) is 6.00. The largest absolute Gasteiger partial charge is 0.456 e. The van der Waals surface area contributed by atoms with Crippen LogP contribution in [0.1, 0.15) is 25.0 Å². The maximum atomic E-state index is 12.5. The van der Waals surface area contributed by atoms with E-state index >= 15 is 0 Å². The summed E-state index contributed by atoms with van der Waals surface area (Å²) in [4.78, 5) is 24.8. The van der Waals surface area contributed by atoms with Gasteiger partial charge in [-0.25, -0.2) is 0 Å².